The third-order valence-corrected chi connectivity index (χ3v) is 3.17. The number of benzene rings is 1. The van der Waals surface area contributed by atoms with E-state index in [4.69, 9.17) is 12.2 Å². The van der Waals surface area contributed by atoms with Gasteiger partial charge in [-0.3, -0.25) is 4.68 Å². The van der Waals surface area contributed by atoms with E-state index < -0.39 is 0 Å². The zero-order valence-electron chi connectivity index (χ0n) is 9.51. The first-order valence-corrected chi connectivity index (χ1v) is 6.00. The van der Waals surface area contributed by atoms with Crippen molar-refractivity contribution in [2.45, 2.75) is 13.1 Å². The largest absolute Gasteiger partial charge is 0.330 e. The average Bonchev–Trinajstić information content (AvgIpc) is 2.93. The smallest absolute Gasteiger partial charge is 0.178 e. The molecule has 1 N–H and O–H groups in total. The average molecular weight is 262 g/mol. The Morgan fingerprint density at radius 1 is 1.33 bits per heavy atom. The minimum absolute atomic E-state index is 0.266. The number of hydrogen-bond acceptors (Lipinski definition) is 2. The number of H-pyrrole nitrogens is 1. The summed E-state index contributed by atoms with van der Waals surface area (Å²) in [7, 11) is 0. The van der Waals surface area contributed by atoms with Crippen molar-refractivity contribution in [1.29, 1.82) is 0 Å². The van der Waals surface area contributed by atoms with Gasteiger partial charge in [0.25, 0.3) is 0 Å². The van der Waals surface area contributed by atoms with E-state index in [0.29, 0.717) is 11.3 Å². The lowest BCUT2D eigenvalue weighted by Gasteiger charge is -2.04. The lowest BCUT2D eigenvalue weighted by molar-refractivity contribution is 0.538. The number of aromatic amines is 1. The SMILES string of the molecule is Fc1ccc2c(c1)[nH]c(=S)n2CCn1cccn1. The Morgan fingerprint density at radius 2 is 2.22 bits per heavy atom. The molecule has 2 heterocycles. The van der Waals surface area contributed by atoms with Crippen LogP contribution in [0.25, 0.3) is 11.0 Å². The van der Waals surface area contributed by atoms with E-state index >= 15 is 0 Å². The fraction of sp³-hybridized carbons (Fsp3) is 0.167. The zero-order chi connectivity index (χ0) is 12.5. The normalized spacial score (nSPS) is 11.2. The maximum Gasteiger partial charge on any atom is 0.178 e. The molecule has 0 aliphatic heterocycles. The fourth-order valence-electron chi connectivity index (χ4n) is 1.99. The van der Waals surface area contributed by atoms with Gasteiger partial charge in [0, 0.05) is 18.9 Å². The van der Waals surface area contributed by atoms with Gasteiger partial charge in [0.05, 0.1) is 17.6 Å². The molecule has 0 atom stereocenters. The summed E-state index contributed by atoms with van der Waals surface area (Å²) in [5.74, 6) is -0.266. The molecule has 3 rings (SSSR count). The summed E-state index contributed by atoms with van der Waals surface area (Å²) in [5.41, 5.74) is 1.63. The third-order valence-electron chi connectivity index (χ3n) is 2.85. The highest BCUT2D eigenvalue weighted by molar-refractivity contribution is 7.71. The van der Waals surface area contributed by atoms with Crippen LogP contribution in [-0.4, -0.2) is 19.3 Å². The molecule has 0 aliphatic rings. The van der Waals surface area contributed by atoms with Crippen LogP contribution in [0.3, 0.4) is 0 Å². The van der Waals surface area contributed by atoms with E-state index in [0.717, 1.165) is 17.6 Å². The van der Waals surface area contributed by atoms with Crippen LogP contribution in [-0.2, 0) is 13.1 Å². The summed E-state index contributed by atoms with van der Waals surface area (Å²) in [6.45, 7) is 1.43. The second-order valence-electron chi connectivity index (χ2n) is 4.01. The van der Waals surface area contributed by atoms with Gasteiger partial charge in [-0.1, -0.05) is 0 Å². The molecular weight excluding hydrogens is 251 g/mol. The minimum Gasteiger partial charge on any atom is -0.330 e. The van der Waals surface area contributed by atoms with Gasteiger partial charge >= 0.3 is 0 Å². The summed E-state index contributed by atoms with van der Waals surface area (Å²) in [6, 6.07) is 6.51. The van der Waals surface area contributed by atoms with E-state index in [1.54, 1.807) is 12.3 Å². The molecule has 3 aromatic rings. The second kappa shape index (κ2) is 4.38. The number of nitrogens with zero attached hydrogens (tertiary/aromatic N) is 3. The Morgan fingerprint density at radius 3 is 3.00 bits per heavy atom. The molecule has 18 heavy (non-hydrogen) atoms. The van der Waals surface area contributed by atoms with E-state index in [2.05, 4.69) is 10.1 Å². The first-order chi connectivity index (χ1) is 8.74. The van der Waals surface area contributed by atoms with Crippen molar-refractivity contribution in [1.82, 2.24) is 19.3 Å². The van der Waals surface area contributed by atoms with Gasteiger partial charge in [-0.15, -0.1) is 0 Å². The predicted molar refractivity (Wildman–Crippen MR) is 69.3 cm³/mol. The number of aryl methyl sites for hydroxylation is 2. The molecule has 0 saturated heterocycles. The topological polar surface area (TPSA) is 38.5 Å². The van der Waals surface area contributed by atoms with Crippen LogP contribution in [0, 0.1) is 10.6 Å². The van der Waals surface area contributed by atoms with Crippen LogP contribution in [0.15, 0.2) is 36.7 Å². The molecule has 2 aromatic heterocycles. The monoisotopic (exact) mass is 262 g/mol. The summed E-state index contributed by atoms with van der Waals surface area (Å²) >= 11 is 5.25. The van der Waals surface area contributed by atoms with Crippen molar-refractivity contribution in [2.24, 2.45) is 0 Å². The molecule has 6 heteroatoms. The molecule has 0 fully saturated rings. The van der Waals surface area contributed by atoms with Crippen LogP contribution in [0.4, 0.5) is 4.39 Å². The van der Waals surface area contributed by atoms with Gasteiger partial charge in [-0.05, 0) is 36.5 Å². The highest BCUT2D eigenvalue weighted by atomic mass is 32.1. The molecule has 0 bridgehead atoms. The van der Waals surface area contributed by atoms with E-state index in [9.17, 15) is 4.39 Å². The lowest BCUT2D eigenvalue weighted by atomic mass is 10.3. The lowest BCUT2D eigenvalue weighted by Crippen LogP contribution is -2.07. The van der Waals surface area contributed by atoms with Crippen LogP contribution in [0.5, 0.6) is 0 Å². The number of rotatable bonds is 3. The first kappa shape index (κ1) is 11.2. The highest BCUT2D eigenvalue weighted by Crippen LogP contribution is 2.15. The van der Waals surface area contributed by atoms with Crippen LogP contribution in [0.2, 0.25) is 0 Å². The predicted octanol–water partition coefficient (Wildman–Crippen LogP) is 2.73. The standard InChI is InChI=1S/C12H11FN4S/c13-9-2-3-11-10(8-9)15-12(18)17(11)7-6-16-5-1-4-14-16/h1-5,8H,6-7H2,(H,15,18). The maximum atomic E-state index is 13.1. The van der Waals surface area contributed by atoms with Crippen LogP contribution in [0.1, 0.15) is 0 Å². The number of aromatic nitrogens is 4. The number of hydrogen-bond donors (Lipinski definition) is 1. The van der Waals surface area contributed by atoms with Crippen molar-refractivity contribution >= 4 is 23.3 Å². The van der Waals surface area contributed by atoms with Crippen LogP contribution < -0.4 is 0 Å². The Labute approximate surface area is 108 Å². The summed E-state index contributed by atoms with van der Waals surface area (Å²) in [5, 5.41) is 4.14. The zero-order valence-corrected chi connectivity index (χ0v) is 10.3. The number of nitrogens with one attached hydrogen (secondary N) is 1. The molecular formula is C12H11FN4S. The van der Waals surface area contributed by atoms with Crippen molar-refractivity contribution in [2.75, 3.05) is 0 Å². The Kier molecular flexibility index (Phi) is 2.71. The van der Waals surface area contributed by atoms with E-state index in [1.165, 1.54) is 12.1 Å². The van der Waals surface area contributed by atoms with Gasteiger partial charge in [0.2, 0.25) is 0 Å². The van der Waals surface area contributed by atoms with Gasteiger partial charge < -0.3 is 9.55 Å². The Balaban J connectivity index is 1.96. The third kappa shape index (κ3) is 1.95. The molecule has 92 valence electrons. The Bertz CT molecular complexity index is 726. The van der Waals surface area contributed by atoms with Gasteiger partial charge in [0.15, 0.2) is 4.77 Å². The quantitative estimate of drug-likeness (QED) is 0.737. The molecule has 0 aliphatic carbocycles. The molecule has 0 amide bonds. The van der Waals surface area contributed by atoms with Crippen LogP contribution >= 0.6 is 12.2 Å². The molecule has 1 aromatic carbocycles. The number of imidazole rings is 1. The fourth-order valence-corrected chi connectivity index (χ4v) is 2.29. The molecule has 4 nitrogen and oxygen atoms in total. The van der Waals surface area contributed by atoms with Gasteiger partial charge in [0.1, 0.15) is 5.82 Å². The van der Waals surface area contributed by atoms with Gasteiger partial charge in [-0.25, -0.2) is 4.39 Å². The van der Waals surface area contributed by atoms with Gasteiger partial charge in [-0.2, -0.15) is 5.10 Å². The molecule has 0 radical (unpaired) electrons. The molecule has 0 spiro atoms. The van der Waals surface area contributed by atoms with Crippen molar-refractivity contribution in [3.05, 3.63) is 47.2 Å². The first-order valence-electron chi connectivity index (χ1n) is 5.59. The number of fused-ring (bicyclic) bond motifs is 1. The van der Waals surface area contributed by atoms with E-state index in [1.807, 2.05) is 21.5 Å². The van der Waals surface area contributed by atoms with Crippen molar-refractivity contribution in [3.63, 3.8) is 0 Å². The number of halogens is 1. The molecule has 0 unspecified atom stereocenters. The summed E-state index contributed by atoms with van der Waals surface area (Å²) in [6.07, 6.45) is 3.64. The second-order valence-corrected chi connectivity index (χ2v) is 4.40. The highest BCUT2D eigenvalue weighted by Gasteiger charge is 2.05. The summed E-state index contributed by atoms with van der Waals surface area (Å²) in [4.78, 5) is 3.01. The van der Waals surface area contributed by atoms with Crippen molar-refractivity contribution in [3.8, 4) is 0 Å². The molecule has 0 saturated carbocycles. The Hall–Kier alpha value is -1.95. The minimum atomic E-state index is -0.266. The maximum absolute atomic E-state index is 13.1. The van der Waals surface area contributed by atoms with Crippen molar-refractivity contribution < 1.29 is 4.39 Å². The summed E-state index contributed by atoms with van der Waals surface area (Å²) < 4.78 is 17.5. The van der Waals surface area contributed by atoms with E-state index in [-0.39, 0.29) is 5.82 Å².